The van der Waals surface area contributed by atoms with E-state index in [1.165, 1.54) is 12.1 Å². The number of halogens is 3. The predicted molar refractivity (Wildman–Crippen MR) is 121 cm³/mol. The van der Waals surface area contributed by atoms with E-state index < -0.39 is 23.3 Å². The molecule has 31 heavy (non-hydrogen) atoms. The molecule has 2 aromatic carbocycles. The maximum absolute atomic E-state index is 12.9. The molecule has 1 aliphatic heterocycles. The van der Waals surface area contributed by atoms with Crippen LogP contribution in [0, 0.1) is 0 Å². The number of carbonyl (C=O) groups is 2. The second kappa shape index (κ2) is 8.58. The SMILES string of the molecule is O=C1C[C@H](C(=O)Nc2ccc(Cl)c(Cl)c2)c2c(nc(Nc3cccc(Cl)c3)[nH]c2=O)N1. The number of hydrogen-bond acceptors (Lipinski definition) is 5. The number of hydrogen-bond donors (Lipinski definition) is 4. The Kier molecular flexibility index (Phi) is 5.86. The summed E-state index contributed by atoms with van der Waals surface area (Å²) in [5, 5.41) is 9.22. The summed E-state index contributed by atoms with van der Waals surface area (Å²) in [4.78, 5) is 44.7. The smallest absolute Gasteiger partial charge is 0.258 e. The van der Waals surface area contributed by atoms with Crippen molar-refractivity contribution in [2.45, 2.75) is 12.3 Å². The largest absolute Gasteiger partial charge is 0.326 e. The molecule has 2 heterocycles. The van der Waals surface area contributed by atoms with E-state index in [1.54, 1.807) is 30.3 Å². The second-order valence-corrected chi connectivity index (χ2v) is 7.99. The number of aromatic nitrogens is 2. The highest BCUT2D eigenvalue weighted by molar-refractivity contribution is 6.42. The van der Waals surface area contributed by atoms with Crippen molar-refractivity contribution in [3.63, 3.8) is 0 Å². The Labute approximate surface area is 190 Å². The van der Waals surface area contributed by atoms with Crippen molar-refractivity contribution in [2.75, 3.05) is 16.0 Å². The molecule has 0 spiro atoms. The van der Waals surface area contributed by atoms with Crippen LogP contribution in [0.5, 0.6) is 0 Å². The van der Waals surface area contributed by atoms with Crippen molar-refractivity contribution in [1.82, 2.24) is 9.97 Å². The summed E-state index contributed by atoms with van der Waals surface area (Å²) >= 11 is 17.8. The lowest BCUT2D eigenvalue weighted by Gasteiger charge is -2.23. The molecular formula is C20H14Cl3N5O3. The Morgan fingerprint density at radius 1 is 1.03 bits per heavy atom. The van der Waals surface area contributed by atoms with Gasteiger partial charge in [0, 0.05) is 22.8 Å². The van der Waals surface area contributed by atoms with E-state index >= 15 is 0 Å². The Morgan fingerprint density at radius 3 is 2.58 bits per heavy atom. The third-order valence-electron chi connectivity index (χ3n) is 4.54. The molecule has 0 bridgehead atoms. The van der Waals surface area contributed by atoms with Crippen LogP contribution < -0.4 is 21.5 Å². The van der Waals surface area contributed by atoms with E-state index in [1.807, 2.05) is 0 Å². The van der Waals surface area contributed by atoms with E-state index in [9.17, 15) is 14.4 Å². The fourth-order valence-corrected chi connectivity index (χ4v) is 3.65. The molecule has 0 fully saturated rings. The van der Waals surface area contributed by atoms with Crippen molar-refractivity contribution in [2.24, 2.45) is 0 Å². The number of nitrogens with zero attached hydrogens (tertiary/aromatic N) is 1. The van der Waals surface area contributed by atoms with Gasteiger partial charge >= 0.3 is 0 Å². The van der Waals surface area contributed by atoms with Crippen LogP contribution in [0.15, 0.2) is 47.3 Å². The molecule has 158 valence electrons. The number of anilines is 4. The zero-order chi connectivity index (χ0) is 22.1. The molecule has 4 rings (SSSR count). The van der Waals surface area contributed by atoms with Crippen LogP contribution in [-0.2, 0) is 9.59 Å². The molecule has 1 aromatic heterocycles. The molecule has 4 N–H and O–H groups in total. The van der Waals surface area contributed by atoms with Gasteiger partial charge in [-0.1, -0.05) is 40.9 Å². The first-order chi connectivity index (χ1) is 14.8. The van der Waals surface area contributed by atoms with Crippen LogP contribution >= 0.6 is 34.8 Å². The van der Waals surface area contributed by atoms with Crippen LogP contribution in [0.2, 0.25) is 15.1 Å². The summed E-state index contributed by atoms with van der Waals surface area (Å²) in [6.45, 7) is 0. The zero-order valence-corrected chi connectivity index (χ0v) is 17.9. The van der Waals surface area contributed by atoms with E-state index in [0.717, 1.165) is 0 Å². The number of nitrogens with one attached hydrogen (secondary N) is 4. The minimum Gasteiger partial charge on any atom is -0.326 e. The number of rotatable bonds is 4. The highest BCUT2D eigenvalue weighted by Crippen LogP contribution is 2.31. The Balaban J connectivity index is 1.64. The van der Waals surface area contributed by atoms with Gasteiger partial charge in [-0.3, -0.25) is 19.4 Å². The van der Waals surface area contributed by atoms with Gasteiger partial charge in [0.15, 0.2) is 0 Å². The van der Waals surface area contributed by atoms with Gasteiger partial charge in [-0.15, -0.1) is 0 Å². The van der Waals surface area contributed by atoms with Gasteiger partial charge in [-0.05, 0) is 36.4 Å². The average Bonchev–Trinajstić information content (AvgIpc) is 2.70. The first-order valence-corrected chi connectivity index (χ1v) is 10.2. The van der Waals surface area contributed by atoms with Gasteiger partial charge < -0.3 is 16.0 Å². The Bertz CT molecular complexity index is 1260. The number of benzene rings is 2. The lowest BCUT2D eigenvalue weighted by Crippen LogP contribution is -2.36. The number of H-pyrrole nitrogens is 1. The quantitative estimate of drug-likeness (QED) is 0.439. The number of carbonyl (C=O) groups excluding carboxylic acids is 2. The third kappa shape index (κ3) is 4.66. The normalized spacial score (nSPS) is 15.1. The monoisotopic (exact) mass is 477 g/mol. The summed E-state index contributed by atoms with van der Waals surface area (Å²) < 4.78 is 0. The van der Waals surface area contributed by atoms with E-state index in [-0.39, 0.29) is 28.8 Å². The Morgan fingerprint density at radius 2 is 1.84 bits per heavy atom. The number of aromatic amines is 1. The van der Waals surface area contributed by atoms with Gasteiger partial charge in [-0.25, -0.2) is 0 Å². The van der Waals surface area contributed by atoms with Crippen molar-refractivity contribution in [3.05, 3.63) is 73.4 Å². The van der Waals surface area contributed by atoms with E-state index in [2.05, 4.69) is 25.9 Å². The van der Waals surface area contributed by atoms with Crippen LogP contribution in [0.25, 0.3) is 0 Å². The minimum absolute atomic E-state index is 0.0128. The van der Waals surface area contributed by atoms with E-state index in [4.69, 9.17) is 34.8 Å². The number of fused-ring (bicyclic) bond motifs is 1. The fraction of sp³-hybridized carbons (Fsp3) is 0.100. The maximum atomic E-state index is 12.9. The third-order valence-corrected chi connectivity index (χ3v) is 5.52. The van der Waals surface area contributed by atoms with Gasteiger partial charge in [0.2, 0.25) is 17.8 Å². The predicted octanol–water partition coefficient (Wildman–Crippen LogP) is 4.54. The standard InChI is InChI=1S/C20H14Cl3N5O3/c21-9-2-1-3-10(6-9)25-20-27-17-16(19(31)28-20)12(8-15(29)26-17)18(30)24-11-4-5-13(22)14(23)7-11/h1-7,12H,8H2,(H,24,30)(H3,25,26,27,28,29,31)/t12-/m0/s1. The molecule has 1 aliphatic rings. The second-order valence-electron chi connectivity index (χ2n) is 6.74. The van der Waals surface area contributed by atoms with Gasteiger partial charge in [-0.2, -0.15) is 4.98 Å². The van der Waals surface area contributed by atoms with Crippen molar-refractivity contribution >= 4 is 69.8 Å². The topological polar surface area (TPSA) is 116 Å². The lowest BCUT2D eigenvalue weighted by atomic mass is 9.92. The van der Waals surface area contributed by atoms with Crippen molar-refractivity contribution in [1.29, 1.82) is 0 Å². The average molecular weight is 479 g/mol. The molecule has 0 radical (unpaired) electrons. The van der Waals surface area contributed by atoms with Crippen LogP contribution in [0.1, 0.15) is 17.9 Å². The van der Waals surface area contributed by atoms with E-state index in [0.29, 0.717) is 21.4 Å². The van der Waals surface area contributed by atoms with Crippen LogP contribution in [0.3, 0.4) is 0 Å². The van der Waals surface area contributed by atoms with Gasteiger partial charge in [0.05, 0.1) is 21.5 Å². The first kappa shape index (κ1) is 21.2. The van der Waals surface area contributed by atoms with Crippen molar-refractivity contribution in [3.8, 4) is 0 Å². The highest BCUT2D eigenvalue weighted by Gasteiger charge is 2.34. The summed E-state index contributed by atoms with van der Waals surface area (Å²) in [5.74, 6) is -1.91. The molecule has 8 nitrogen and oxygen atoms in total. The first-order valence-electron chi connectivity index (χ1n) is 9.03. The fourth-order valence-electron chi connectivity index (χ4n) is 3.16. The Hall–Kier alpha value is -3.07. The molecule has 0 aliphatic carbocycles. The molecular weight excluding hydrogens is 465 g/mol. The molecule has 0 saturated heterocycles. The summed E-state index contributed by atoms with van der Waals surface area (Å²) in [6, 6.07) is 11.4. The summed E-state index contributed by atoms with van der Waals surface area (Å²) in [5.41, 5.74) is 0.486. The molecule has 2 amide bonds. The molecule has 0 unspecified atom stereocenters. The zero-order valence-electron chi connectivity index (χ0n) is 15.6. The van der Waals surface area contributed by atoms with Crippen LogP contribution in [0.4, 0.5) is 23.1 Å². The van der Waals surface area contributed by atoms with Gasteiger partial charge in [0.25, 0.3) is 5.56 Å². The molecule has 11 heteroatoms. The summed E-state index contributed by atoms with van der Waals surface area (Å²) in [7, 11) is 0. The highest BCUT2D eigenvalue weighted by atomic mass is 35.5. The molecule has 3 aromatic rings. The van der Waals surface area contributed by atoms with Crippen LogP contribution in [-0.4, -0.2) is 21.8 Å². The number of amides is 2. The lowest BCUT2D eigenvalue weighted by molar-refractivity contribution is -0.123. The molecule has 0 saturated carbocycles. The maximum Gasteiger partial charge on any atom is 0.258 e. The minimum atomic E-state index is -1.03. The molecule has 1 atom stereocenters. The van der Waals surface area contributed by atoms with Crippen molar-refractivity contribution < 1.29 is 9.59 Å². The van der Waals surface area contributed by atoms with Gasteiger partial charge in [0.1, 0.15) is 5.82 Å². The summed E-state index contributed by atoms with van der Waals surface area (Å²) in [6.07, 6.45) is -0.202.